The molecule has 0 aliphatic carbocycles. The van der Waals surface area contributed by atoms with Crippen molar-refractivity contribution < 1.29 is 14.3 Å². The standard InChI is InChI=1S/C19H19N3O3/c1-21(2)17-10-6-7-15(13-17)19(24)25-14-18(23)22(12-11-20)16-8-4-3-5-9-16/h3-10,13H,12,14H2,1-2H3. The fraction of sp³-hybridized carbons (Fsp3) is 0.211. The normalized spacial score (nSPS) is 9.80. The van der Waals surface area contributed by atoms with E-state index in [0.717, 1.165) is 5.69 Å². The highest BCUT2D eigenvalue weighted by Crippen LogP contribution is 2.15. The van der Waals surface area contributed by atoms with Crippen LogP contribution < -0.4 is 9.80 Å². The van der Waals surface area contributed by atoms with Crippen molar-refractivity contribution in [3.8, 4) is 6.07 Å². The fourth-order valence-corrected chi connectivity index (χ4v) is 2.20. The summed E-state index contributed by atoms with van der Waals surface area (Å²) in [4.78, 5) is 27.6. The smallest absolute Gasteiger partial charge is 0.338 e. The summed E-state index contributed by atoms with van der Waals surface area (Å²) in [6.07, 6.45) is 0. The average molecular weight is 337 g/mol. The highest BCUT2D eigenvalue weighted by molar-refractivity contribution is 5.97. The van der Waals surface area contributed by atoms with Gasteiger partial charge in [-0.25, -0.2) is 4.79 Å². The van der Waals surface area contributed by atoms with E-state index in [1.165, 1.54) is 4.90 Å². The molecule has 128 valence electrons. The molecule has 0 saturated heterocycles. The number of amides is 1. The molecule has 0 saturated carbocycles. The highest BCUT2D eigenvalue weighted by Gasteiger charge is 2.18. The third-order valence-corrected chi connectivity index (χ3v) is 3.52. The Morgan fingerprint density at radius 1 is 1.04 bits per heavy atom. The fourth-order valence-electron chi connectivity index (χ4n) is 2.20. The lowest BCUT2D eigenvalue weighted by molar-refractivity contribution is -0.121. The Balaban J connectivity index is 2.04. The van der Waals surface area contributed by atoms with Gasteiger partial charge in [-0.3, -0.25) is 9.69 Å². The third-order valence-electron chi connectivity index (χ3n) is 3.52. The van der Waals surface area contributed by atoms with Crippen molar-refractivity contribution in [2.75, 3.05) is 37.0 Å². The van der Waals surface area contributed by atoms with Gasteiger partial charge < -0.3 is 9.64 Å². The Bertz CT molecular complexity index is 782. The minimum absolute atomic E-state index is 0.115. The molecule has 25 heavy (non-hydrogen) atoms. The lowest BCUT2D eigenvalue weighted by atomic mass is 10.2. The predicted molar refractivity (Wildman–Crippen MR) is 95.5 cm³/mol. The molecule has 0 fully saturated rings. The van der Waals surface area contributed by atoms with Gasteiger partial charge in [0.2, 0.25) is 0 Å². The lowest BCUT2D eigenvalue weighted by Gasteiger charge is -2.19. The van der Waals surface area contributed by atoms with Crippen LogP contribution in [0.15, 0.2) is 54.6 Å². The van der Waals surface area contributed by atoms with Gasteiger partial charge in [-0.2, -0.15) is 5.26 Å². The van der Waals surface area contributed by atoms with Crippen LogP contribution in [0, 0.1) is 11.3 Å². The minimum Gasteiger partial charge on any atom is -0.452 e. The summed E-state index contributed by atoms with van der Waals surface area (Å²) in [5.74, 6) is -1.04. The van der Waals surface area contributed by atoms with E-state index in [1.807, 2.05) is 37.2 Å². The second kappa shape index (κ2) is 8.50. The van der Waals surface area contributed by atoms with Gasteiger partial charge in [-0.15, -0.1) is 0 Å². The van der Waals surface area contributed by atoms with Gasteiger partial charge in [0, 0.05) is 25.5 Å². The number of nitriles is 1. The molecule has 0 aromatic heterocycles. The average Bonchev–Trinajstić information content (AvgIpc) is 2.64. The molecule has 6 heteroatoms. The van der Waals surface area contributed by atoms with Gasteiger partial charge >= 0.3 is 5.97 Å². The summed E-state index contributed by atoms with van der Waals surface area (Å²) in [5, 5.41) is 8.93. The van der Waals surface area contributed by atoms with Crippen LogP contribution in [0.2, 0.25) is 0 Å². The molecular formula is C19H19N3O3. The number of ether oxygens (including phenoxy) is 1. The second-order valence-electron chi connectivity index (χ2n) is 5.49. The number of benzene rings is 2. The van der Waals surface area contributed by atoms with Crippen molar-refractivity contribution in [3.63, 3.8) is 0 Å². The Morgan fingerprint density at radius 2 is 1.72 bits per heavy atom. The van der Waals surface area contributed by atoms with E-state index >= 15 is 0 Å². The van der Waals surface area contributed by atoms with E-state index in [1.54, 1.807) is 42.5 Å². The van der Waals surface area contributed by atoms with Gasteiger partial charge in [-0.05, 0) is 30.3 Å². The summed E-state index contributed by atoms with van der Waals surface area (Å²) < 4.78 is 5.12. The number of carbonyl (C=O) groups is 2. The molecule has 2 aromatic rings. The van der Waals surface area contributed by atoms with Crippen molar-refractivity contribution in [2.24, 2.45) is 0 Å². The third kappa shape index (κ3) is 4.82. The van der Waals surface area contributed by atoms with E-state index in [0.29, 0.717) is 11.3 Å². The Hall–Kier alpha value is -3.33. The van der Waals surface area contributed by atoms with E-state index in [9.17, 15) is 9.59 Å². The van der Waals surface area contributed by atoms with Gasteiger partial charge in [0.1, 0.15) is 6.54 Å². The number of hydrogen-bond donors (Lipinski definition) is 0. The first kappa shape index (κ1) is 18.0. The quantitative estimate of drug-likeness (QED) is 0.598. The van der Waals surface area contributed by atoms with Gasteiger partial charge in [-0.1, -0.05) is 24.3 Å². The summed E-state index contributed by atoms with van der Waals surface area (Å²) >= 11 is 0. The number of esters is 1. The lowest BCUT2D eigenvalue weighted by Crippen LogP contribution is -2.35. The summed E-state index contributed by atoms with van der Waals surface area (Å²) in [5.41, 5.74) is 1.81. The maximum Gasteiger partial charge on any atom is 0.338 e. The minimum atomic E-state index is -0.581. The van der Waals surface area contributed by atoms with E-state index < -0.39 is 18.5 Å². The van der Waals surface area contributed by atoms with Crippen molar-refractivity contribution in [3.05, 3.63) is 60.2 Å². The van der Waals surface area contributed by atoms with E-state index in [-0.39, 0.29) is 6.54 Å². The Kier molecular flexibility index (Phi) is 6.13. The first-order valence-corrected chi connectivity index (χ1v) is 7.70. The van der Waals surface area contributed by atoms with Crippen molar-refractivity contribution in [1.82, 2.24) is 0 Å². The molecule has 0 heterocycles. The number of carbonyl (C=O) groups excluding carboxylic acids is 2. The zero-order chi connectivity index (χ0) is 18.2. The molecule has 0 radical (unpaired) electrons. The van der Waals surface area contributed by atoms with Crippen molar-refractivity contribution in [1.29, 1.82) is 5.26 Å². The topological polar surface area (TPSA) is 73.6 Å². The van der Waals surface area contributed by atoms with Crippen LogP contribution in [-0.4, -0.2) is 39.1 Å². The number of hydrogen-bond acceptors (Lipinski definition) is 5. The molecule has 6 nitrogen and oxygen atoms in total. The number of para-hydroxylation sites is 1. The largest absolute Gasteiger partial charge is 0.452 e. The van der Waals surface area contributed by atoms with Gasteiger partial charge in [0.25, 0.3) is 5.91 Å². The van der Waals surface area contributed by atoms with Crippen LogP contribution in [0.5, 0.6) is 0 Å². The maximum atomic E-state index is 12.3. The Morgan fingerprint density at radius 3 is 2.36 bits per heavy atom. The van der Waals surface area contributed by atoms with Crippen LogP contribution in [0.4, 0.5) is 11.4 Å². The van der Waals surface area contributed by atoms with Gasteiger partial charge in [0.15, 0.2) is 6.61 Å². The SMILES string of the molecule is CN(C)c1cccc(C(=O)OCC(=O)N(CC#N)c2ccccc2)c1. The molecule has 2 aromatic carbocycles. The molecule has 0 aliphatic rings. The summed E-state index contributed by atoms with van der Waals surface area (Å²) in [7, 11) is 3.74. The van der Waals surface area contributed by atoms with Crippen molar-refractivity contribution in [2.45, 2.75) is 0 Å². The zero-order valence-electron chi connectivity index (χ0n) is 14.2. The molecular weight excluding hydrogens is 318 g/mol. The zero-order valence-corrected chi connectivity index (χ0v) is 14.2. The Labute approximate surface area is 146 Å². The van der Waals surface area contributed by atoms with E-state index in [2.05, 4.69) is 0 Å². The molecule has 2 rings (SSSR count). The molecule has 0 unspecified atom stereocenters. The number of anilines is 2. The van der Waals surface area contributed by atoms with Crippen LogP contribution in [0.25, 0.3) is 0 Å². The second-order valence-corrected chi connectivity index (χ2v) is 5.49. The monoisotopic (exact) mass is 337 g/mol. The van der Waals surface area contributed by atoms with Crippen LogP contribution >= 0.6 is 0 Å². The van der Waals surface area contributed by atoms with E-state index in [4.69, 9.17) is 10.00 Å². The predicted octanol–water partition coefficient (Wildman–Crippen LogP) is 2.47. The van der Waals surface area contributed by atoms with Crippen LogP contribution in [0.1, 0.15) is 10.4 Å². The van der Waals surface area contributed by atoms with Crippen LogP contribution in [-0.2, 0) is 9.53 Å². The summed E-state index contributed by atoms with van der Waals surface area (Å²) in [6.45, 7) is -0.544. The van der Waals surface area contributed by atoms with Gasteiger partial charge in [0.05, 0.1) is 11.6 Å². The van der Waals surface area contributed by atoms with Crippen molar-refractivity contribution >= 4 is 23.3 Å². The molecule has 1 amide bonds. The first-order chi connectivity index (χ1) is 12.0. The highest BCUT2D eigenvalue weighted by atomic mass is 16.5. The van der Waals surface area contributed by atoms with Crippen LogP contribution in [0.3, 0.4) is 0 Å². The first-order valence-electron chi connectivity index (χ1n) is 7.70. The number of nitrogens with zero attached hydrogens (tertiary/aromatic N) is 3. The molecule has 0 N–H and O–H groups in total. The summed E-state index contributed by atoms with van der Waals surface area (Å²) in [6, 6.07) is 17.7. The molecule has 0 atom stereocenters. The molecule has 0 bridgehead atoms. The molecule has 0 spiro atoms. The maximum absolute atomic E-state index is 12.3. The molecule has 0 aliphatic heterocycles. The number of rotatable bonds is 6.